The number of nitrogens with one attached hydrogen (secondary N) is 1. The van der Waals surface area contributed by atoms with E-state index in [9.17, 15) is 0 Å². The Morgan fingerprint density at radius 3 is 2.96 bits per heavy atom. The molecule has 1 aliphatic heterocycles. The van der Waals surface area contributed by atoms with Crippen molar-refractivity contribution >= 4 is 0 Å². The maximum Gasteiger partial charge on any atom is 0.103 e. The summed E-state index contributed by atoms with van der Waals surface area (Å²) in [5, 5.41) is 7.89. The van der Waals surface area contributed by atoms with Crippen molar-refractivity contribution in [1.82, 2.24) is 24.6 Å². The summed E-state index contributed by atoms with van der Waals surface area (Å²) in [6.07, 6.45) is 8.65. The number of para-hydroxylation sites is 1. The predicted octanol–water partition coefficient (Wildman–Crippen LogP) is 2.47. The molecule has 0 bridgehead atoms. The summed E-state index contributed by atoms with van der Waals surface area (Å²) in [5.74, 6) is 0.468. The lowest BCUT2D eigenvalue weighted by Gasteiger charge is -2.20. The normalized spacial score (nSPS) is 20.2. The highest BCUT2D eigenvalue weighted by Crippen LogP contribution is 2.33. The lowest BCUT2D eigenvalue weighted by molar-refractivity contribution is 0.0838. The second-order valence-corrected chi connectivity index (χ2v) is 6.45. The molecule has 1 saturated heterocycles. The summed E-state index contributed by atoms with van der Waals surface area (Å²) < 4.78 is 9.93. The molecule has 0 radical (unpaired) electrons. The molecule has 4 rings (SSSR count). The molecule has 6 nitrogen and oxygen atoms in total. The van der Waals surface area contributed by atoms with Gasteiger partial charge in [-0.1, -0.05) is 18.2 Å². The molecule has 2 aromatic heterocycles. The third kappa shape index (κ3) is 3.36. The standard InChI is InChI=1S/C19H23N5O/c1-23-18(6-8-22-23)19-16(7-11-25-19)13-21-12-15-4-2-3-5-17(15)24-10-9-20-14-24/h2-6,8-10,14,16,19,21H,7,11-13H2,1H3/t16-,19+/m0/s1. The largest absolute Gasteiger partial charge is 0.372 e. The van der Waals surface area contributed by atoms with Crippen LogP contribution >= 0.6 is 0 Å². The molecule has 25 heavy (non-hydrogen) atoms. The summed E-state index contributed by atoms with van der Waals surface area (Å²) in [7, 11) is 1.98. The Morgan fingerprint density at radius 2 is 2.16 bits per heavy atom. The minimum absolute atomic E-state index is 0.129. The molecule has 1 fully saturated rings. The summed E-state index contributed by atoms with van der Waals surface area (Å²) in [4.78, 5) is 4.15. The van der Waals surface area contributed by atoms with Crippen LogP contribution in [0.4, 0.5) is 0 Å². The van der Waals surface area contributed by atoms with E-state index < -0.39 is 0 Å². The van der Waals surface area contributed by atoms with Gasteiger partial charge in [0.15, 0.2) is 0 Å². The van der Waals surface area contributed by atoms with Crippen LogP contribution in [0.3, 0.4) is 0 Å². The molecule has 0 aliphatic carbocycles. The maximum absolute atomic E-state index is 5.96. The Kier molecular flexibility index (Phi) is 4.63. The summed E-state index contributed by atoms with van der Waals surface area (Å²) in [6.45, 7) is 2.56. The van der Waals surface area contributed by atoms with Gasteiger partial charge in [0.25, 0.3) is 0 Å². The van der Waals surface area contributed by atoms with Crippen LogP contribution in [0.2, 0.25) is 0 Å². The van der Waals surface area contributed by atoms with Crippen molar-refractivity contribution in [2.75, 3.05) is 13.2 Å². The fraction of sp³-hybridized carbons (Fsp3) is 0.368. The van der Waals surface area contributed by atoms with Crippen molar-refractivity contribution in [2.24, 2.45) is 13.0 Å². The van der Waals surface area contributed by atoms with E-state index in [1.165, 1.54) is 11.3 Å². The smallest absolute Gasteiger partial charge is 0.103 e. The highest BCUT2D eigenvalue weighted by atomic mass is 16.5. The number of aromatic nitrogens is 4. The van der Waals surface area contributed by atoms with Gasteiger partial charge < -0.3 is 14.6 Å². The van der Waals surface area contributed by atoms with Crippen LogP contribution in [0.1, 0.15) is 23.8 Å². The molecule has 6 heteroatoms. The number of hydrogen-bond donors (Lipinski definition) is 1. The van der Waals surface area contributed by atoms with E-state index in [0.29, 0.717) is 5.92 Å². The summed E-state index contributed by atoms with van der Waals surface area (Å²) >= 11 is 0. The molecule has 1 aromatic carbocycles. The monoisotopic (exact) mass is 337 g/mol. The van der Waals surface area contributed by atoms with Crippen molar-refractivity contribution in [3.63, 3.8) is 0 Å². The van der Waals surface area contributed by atoms with Gasteiger partial charge >= 0.3 is 0 Å². The number of ether oxygens (including phenoxy) is 1. The number of imidazole rings is 1. The summed E-state index contributed by atoms with van der Waals surface area (Å²) in [6, 6.07) is 10.5. The third-order valence-corrected chi connectivity index (χ3v) is 4.86. The SMILES string of the molecule is Cn1nccc1[C@@H]1OCC[C@H]1CNCc1ccccc1-n1ccnc1. The quantitative estimate of drug-likeness (QED) is 0.751. The van der Waals surface area contributed by atoms with Crippen LogP contribution < -0.4 is 5.32 Å². The number of rotatable bonds is 6. The van der Waals surface area contributed by atoms with Crippen molar-refractivity contribution in [3.05, 3.63) is 66.5 Å². The molecule has 0 saturated carbocycles. The molecule has 0 spiro atoms. The molecule has 1 aliphatic rings. The highest BCUT2D eigenvalue weighted by molar-refractivity contribution is 5.40. The van der Waals surface area contributed by atoms with Crippen LogP contribution in [0.25, 0.3) is 5.69 Å². The van der Waals surface area contributed by atoms with E-state index in [0.717, 1.165) is 31.8 Å². The van der Waals surface area contributed by atoms with E-state index in [-0.39, 0.29) is 6.10 Å². The highest BCUT2D eigenvalue weighted by Gasteiger charge is 2.31. The van der Waals surface area contributed by atoms with Crippen molar-refractivity contribution in [1.29, 1.82) is 0 Å². The average Bonchev–Trinajstić information content (AvgIpc) is 3.36. The van der Waals surface area contributed by atoms with E-state index >= 15 is 0 Å². The number of nitrogens with zero attached hydrogens (tertiary/aromatic N) is 4. The average molecular weight is 337 g/mol. The van der Waals surface area contributed by atoms with E-state index in [2.05, 4.69) is 45.7 Å². The fourth-order valence-corrected chi connectivity index (χ4v) is 3.54. The zero-order valence-electron chi connectivity index (χ0n) is 14.4. The Morgan fingerprint density at radius 1 is 1.24 bits per heavy atom. The van der Waals surface area contributed by atoms with Gasteiger partial charge in [0, 0.05) is 51.3 Å². The number of aryl methyl sites for hydroxylation is 1. The van der Waals surface area contributed by atoms with Gasteiger partial charge in [-0.3, -0.25) is 4.68 Å². The van der Waals surface area contributed by atoms with Crippen LogP contribution in [-0.4, -0.2) is 32.5 Å². The molecule has 0 amide bonds. The molecule has 130 valence electrons. The second-order valence-electron chi connectivity index (χ2n) is 6.45. The minimum Gasteiger partial charge on any atom is -0.372 e. The predicted molar refractivity (Wildman–Crippen MR) is 95.3 cm³/mol. The van der Waals surface area contributed by atoms with Crippen molar-refractivity contribution in [3.8, 4) is 5.69 Å². The van der Waals surface area contributed by atoms with Gasteiger partial charge in [0.2, 0.25) is 0 Å². The maximum atomic E-state index is 5.96. The first-order valence-electron chi connectivity index (χ1n) is 8.69. The number of hydrogen-bond acceptors (Lipinski definition) is 4. The molecular formula is C19H23N5O. The van der Waals surface area contributed by atoms with Crippen LogP contribution in [0.5, 0.6) is 0 Å². The van der Waals surface area contributed by atoms with Crippen molar-refractivity contribution in [2.45, 2.75) is 19.1 Å². The summed E-state index contributed by atoms with van der Waals surface area (Å²) in [5.41, 5.74) is 3.58. The lowest BCUT2D eigenvalue weighted by Crippen LogP contribution is -2.26. The molecule has 3 heterocycles. The molecule has 2 atom stereocenters. The Balaban J connectivity index is 1.41. The van der Waals surface area contributed by atoms with Gasteiger partial charge in [-0.2, -0.15) is 5.10 Å². The van der Waals surface area contributed by atoms with Crippen LogP contribution in [-0.2, 0) is 18.3 Å². The van der Waals surface area contributed by atoms with Gasteiger partial charge in [-0.05, 0) is 24.1 Å². The van der Waals surface area contributed by atoms with E-state index in [4.69, 9.17) is 4.74 Å². The lowest BCUT2D eigenvalue weighted by atomic mass is 9.98. The minimum atomic E-state index is 0.129. The van der Waals surface area contributed by atoms with Crippen LogP contribution in [0, 0.1) is 5.92 Å². The first kappa shape index (κ1) is 16.1. The molecule has 0 unspecified atom stereocenters. The molecule has 1 N–H and O–H groups in total. The van der Waals surface area contributed by atoms with Crippen molar-refractivity contribution < 1.29 is 4.74 Å². The fourth-order valence-electron chi connectivity index (χ4n) is 3.54. The zero-order valence-corrected chi connectivity index (χ0v) is 14.4. The first-order valence-corrected chi connectivity index (χ1v) is 8.69. The second kappa shape index (κ2) is 7.21. The third-order valence-electron chi connectivity index (χ3n) is 4.86. The van der Waals surface area contributed by atoms with E-state index in [1.54, 1.807) is 6.20 Å². The van der Waals surface area contributed by atoms with Gasteiger partial charge in [0.05, 0.1) is 17.7 Å². The van der Waals surface area contributed by atoms with E-state index in [1.807, 2.05) is 35.0 Å². The molecule has 3 aromatic rings. The molecular weight excluding hydrogens is 314 g/mol. The topological polar surface area (TPSA) is 56.9 Å². The Bertz CT molecular complexity index is 811. The number of benzene rings is 1. The zero-order chi connectivity index (χ0) is 17.1. The van der Waals surface area contributed by atoms with Gasteiger partial charge in [0.1, 0.15) is 6.10 Å². The first-order chi connectivity index (χ1) is 12.3. The van der Waals surface area contributed by atoms with Crippen LogP contribution in [0.15, 0.2) is 55.2 Å². The van der Waals surface area contributed by atoms with Gasteiger partial charge in [-0.15, -0.1) is 0 Å². The Labute approximate surface area is 147 Å². The van der Waals surface area contributed by atoms with Gasteiger partial charge in [-0.25, -0.2) is 4.98 Å². The Hall–Kier alpha value is -2.44.